The molecule has 2 aromatic heterocycles. The minimum atomic E-state index is 0.0170. The van der Waals surface area contributed by atoms with Gasteiger partial charge in [-0.25, -0.2) is 4.98 Å². The molecule has 0 aliphatic rings. The molecule has 0 radical (unpaired) electrons. The molecule has 0 unspecified atom stereocenters. The van der Waals surface area contributed by atoms with Gasteiger partial charge in [-0.2, -0.15) is 0 Å². The molecule has 3 nitrogen and oxygen atoms in total. The molecule has 0 amide bonds. The van der Waals surface area contributed by atoms with Crippen LogP contribution >= 0.6 is 11.3 Å². The van der Waals surface area contributed by atoms with Crippen molar-refractivity contribution in [1.29, 1.82) is 0 Å². The summed E-state index contributed by atoms with van der Waals surface area (Å²) in [5.41, 5.74) is 5.64. The summed E-state index contributed by atoms with van der Waals surface area (Å²) < 4.78 is 1.69. The van der Waals surface area contributed by atoms with E-state index in [4.69, 9.17) is 0 Å². The highest BCUT2D eigenvalue weighted by Gasteiger charge is 2.14. The van der Waals surface area contributed by atoms with E-state index in [9.17, 15) is 4.79 Å². The lowest BCUT2D eigenvalue weighted by Gasteiger charge is -2.07. The van der Waals surface area contributed by atoms with Crippen molar-refractivity contribution in [3.05, 3.63) is 87.3 Å². The zero-order valence-electron chi connectivity index (χ0n) is 14.2. The number of benzene rings is 2. The normalized spacial score (nSPS) is 11.1. The molecule has 0 atom stereocenters. The van der Waals surface area contributed by atoms with Crippen molar-refractivity contribution in [2.24, 2.45) is 0 Å². The third-order valence-electron chi connectivity index (χ3n) is 4.57. The Bertz CT molecular complexity index is 1110. The van der Waals surface area contributed by atoms with Crippen molar-refractivity contribution in [2.45, 2.75) is 20.4 Å². The summed E-state index contributed by atoms with van der Waals surface area (Å²) in [6, 6.07) is 16.3. The maximum atomic E-state index is 13.1. The summed E-state index contributed by atoms with van der Waals surface area (Å²) in [7, 11) is 0. The Morgan fingerprint density at radius 2 is 1.84 bits per heavy atom. The van der Waals surface area contributed by atoms with Gasteiger partial charge in [0, 0.05) is 10.9 Å². The van der Waals surface area contributed by atoms with E-state index in [1.807, 2.05) is 35.7 Å². The summed E-state index contributed by atoms with van der Waals surface area (Å²) >= 11 is 1.52. The molecule has 2 aromatic carbocycles. The maximum absolute atomic E-state index is 13.1. The fourth-order valence-corrected chi connectivity index (χ4v) is 3.89. The van der Waals surface area contributed by atoms with E-state index >= 15 is 0 Å². The highest BCUT2D eigenvalue weighted by Crippen LogP contribution is 2.31. The first kappa shape index (κ1) is 15.8. The number of nitrogens with zero attached hydrogens (tertiary/aromatic N) is 2. The molecule has 0 spiro atoms. The average molecular weight is 346 g/mol. The van der Waals surface area contributed by atoms with Gasteiger partial charge in [0.2, 0.25) is 0 Å². The number of aromatic nitrogens is 2. The number of rotatable bonds is 3. The Balaban J connectivity index is 1.86. The molecule has 0 bridgehead atoms. The second-order valence-electron chi connectivity index (χ2n) is 6.29. The van der Waals surface area contributed by atoms with Crippen LogP contribution < -0.4 is 5.56 Å². The SMILES string of the molecule is Cc1ccc(-c2csc3ncn(Cc4ccccc4)c(=O)c23)cc1C. The monoisotopic (exact) mass is 346 g/mol. The first-order valence-corrected chi connectivity index (χ1v) is 9.09. The summed E-state index contributed by atoms with van der Waals surface area (Å²) in [5.74, 6) is 0. The van der Waals surface area contributed by atoms with Crippen LogP contribution in [-0.4, -0.2) is 9.55 Å². The molecule has 2 heterocycles. The lowest BCUT2D eigenvalue weighted by molar-refractivity contribution is 0.749. The van der Waals surface area contributed by atoms with Gasteiger partial charge in [-0.3, -0.25) is 9.36 Å². The molecule has 4 heteroatoms. The topological polar surface area (TPSA) is 34.9 Å². The molecule has 4 aromatic rings. The Labute approximate surface area is 150 Å². The first-order valence-electron chi connectivity index (χ1n) is 8.21. The zero-order chi connectivity index (χ0) is 17.4. The van der Waals surface area contributed by atoms with E-state index in [1.54, 1.807) is 10.9 Å². The van der Waals surface area contributed by atoms with Crippen LogP contribution in [0.1, 0.15) is 16.7 Å². The van der Waals surface area contributed by atoms with Crippen molar-refractivity contribution in [1.82, 2.24) is 9.55 Å². The van der Waals surface area contributed by atoms with Crippen LogP contribution in [0, 0.1) is 13.8 Å². The summed E-state index contributed by atoms with van der Waals surface area (Å²) in [6.07, 6.45) is 1.65. The summed E-state index contributed by atoms with van der Waals surface area (Å²) in [6.45, 7) is 4.73. The highest BCUT2D eigenvalue weighted by atomic mass is 32.1. The van der Waals surface area contributed by atoms with Gasteiger partial charge in [0.1, 0.15) is 4.83 Å². The van der Waals surface area contributed by atoms with Crippen molar-refractivity contribution < 1.29 is 0 Å². The van der Waals surface area contributed by atoms with E-state index in [0.29, 0.717) is 11.9 Å². The second kappa shape index (κ2) is 6.30. The van der Waals surface area contributed by atoms with Crippen LogP contribution in [0.3, 0.4) is 0 Å². The molecule has 25 heavy (non-hydrogen) atoms. The van der Waals surface area contributed by atoms with Crippen LogP contribution in [0.4, 0.5) is 0 Å². The Morgan fingerprint density at radius 1 is 1.04 bits per heavy atom. The van der Waals surface area contributed by atoms with Gasteiger partial charge < -0.3 is 0 Å². The highest BCUT2D eigenvalue weighted by molar-refractivity contribution is 7.17. The predicted octanol–water partition coefficient (Wildman–Crippen LogP) is 4.79. The van der Waals surface area contributed by atoms with Crippen LogP contribution in [0.2, 0.25) is 0 Å². The quantitative estimate of drug-likeness (QED) is 0.534. The minimum Gasteiger partial charge on any atom is -0.294 e. The minimum absolute atomic E-state index is 0.0170. The maximum Gasteiger partial charge on any atom is 0.263 e. The van der Waals surface area contributed by atoms with Crippen molar-refractivity contribution in [3.63, 3.8) is 0 Å². The van der Waals surface area contributed by atoms with Gasteiger partial charge in [-0.15, -0.1) is 11.3 Å². The van der Waals surface area contributed by atoms with Gasteiger partial charge in [0.05, 0.1) is 18.3 Å². The van der Waals surface area contributed by atoms with E-state index in [2.05, 4.69) is 37.0 Å². The van der Waals surface area contributed by atoms with Gasteiger partial charge in [0.25, 0.3) is 5.56 Å². The standard InChI is InChI=1S/C21H18N2OS/c1-14-8-9-17(10-15(14)2)18-12-25-20-19(18)21(24)23(13-22-20)11-16-6-4-3-5-7-16/h3-10,12-13H,11H2,1-2H3. The third kappa shape index (κ3) is 2.89. The molecule has 0 fully saturated rings. The van der Waals surface area contributed by atoms with Crippen molar-refractivity contribution in [2.75, 3.05) is 0 Å². The predicted molar refractivity (Wildman–Crippen MR) is 104 cm³/mol. The number of aryl methyl sites for hydroxylation is 2. The molecule has 0 aliphatic heterocycles. The van der Waals surface area contributed by atoms with Crippen molar-refractivity contribution >= 4 is 21.6 Å². The Kier molecular flexibility index (Phi) is 3.98. The largest absolute Gasteiger partial charge is 0.294 e. The van der Waals surface area contributed by atoms with Gasteiger partial charge >= 0.3 is 0 Å². The van der Waals surface area contributed by atoms with Crippen LogP contribution in [-0.2, 0) is 6.54 Å². The van der Waals surface area contributed by atoms with Gasteiger partial charge in [-0.1, -0.05) is 48.5 Å². The van der Waals surface area contributed by atoms with Gasteiger partial charge in [-0.05, 0) is 36.1 Å². The van der Waals surface area contributed by atoms with E-state index < -0.39 is 0 Å². The third-order valence-corrected chi connectivity index (χ3v) is 5.46. The summed E-state index contributed by atoms with van der Waals surface area (Å²) in [4.78, 5) is 18.4. The molecular formula is C21H18N2OS. The lowest BCUT2D eigenvalue weighted by atomic mass is 10.0. The fraction of sp³-hybridized carbons (Fsp3) is 0.143. The second-order valence-corrected chi connectivity index (χ2v) is 7.15. The van der Waals surface area contributed by atoms with Crippen LogP contribution in [0.15, 0.2) is 65.0 Å². The number of fused-ring (bicyclic) bond motifs is 1. The number of thiophene rings is 1. The molecule has 0 aliphatic carbocycles. The number of hydrogen-bond donors (Lipinski definition) is 0. The average Bonchev–Trinajstić information content (AvgIpc) is 3.06. The lowest BCUT2D eigenvalue weighted by Crippen LogP contribution is -2.20. The molecule has 124 valence electrons. The Morgan fingerprint density at radius 3 is 2.60 bits per heavy atom. The Hall–Kier alpha value is -2.72. The molecule has 0 saturated carbocycles. The van der Waals surface area contributed by atoms with E-state index in [1.165, 1.54) is 22.5 Å². The number of hydrogen-bond acceptors (Lipinski definition) is 3. The molecule has 0 N–H and O–H groups in total. The van der Waals surface area contributed by atoms with Gasteiger partial charge in [0.15, 0.2) is 0 Å². The van der Waals surface area contributed by atoms with E-state index in [0.717, 1.165) is 21.5 Å². The molecule has 0 saturated heterocycles. The van der Waals surface area contributed by atoms with Crippen LogP contribution in [0.5, 0.6) is 0 Å². The van der Waals surface area contributed by atoms with E-state index in [-0.39, 0.29) is 5.56 Å². The molecular weight excluding hydrogens is 328 g/mol. The fourth-order valence-electron chi connectivity index (χ4n) is 2.98. The van der Waals surface area contributed by atoms with Crippen LogP contribution in [0.25, 0.3) is 21.3 Å². The zero-order valence-corrected chi connectivity index (χ0v) is 15.0. The molecule has 4 rings (SSSR count). The smallest absolute Gasteiger partial charge is 0.263 e. The first-order chi connectivity index (χ1) is 12.1. The summed E-state index contributed by atoms with van der Waals surface area (Å²) in [5, 5.41) is 2.75. The van der Waals surface area contributed by atoms with Crippen molar-refractivity contribution in [3.8, 4) is 11.1 Å².